The van der Waals surface area contributed by atoms with Crippen molar-refractivity contribution in [3.05, 3.63) is 95.7 Å². The maximum atomic E-state index is 13.2. The first kappa shape index (κ1) is 19.4. The molecule has 5 nitrogen and oxygen atoms in total. The van der Waals surface area contributed by atoms with Gasteiger partial charge in [-0.2, -0.15) is 0 Å². The number of carbonyl (C=O) groups excluding carboxylic acids is 2. The molecule has 1 heterocycles. The van der Waals surface area contributed by atoms with Crippen molar-refractivity contribution in [1.29, 1.82) is 0 Å². The Morgan fingerprint density at radius 2 is 1.75 bits per heavy atom. The second kappa shape index (κ2) is 8.99. The van der Waals surface area contributed by atoms with Crippen molar-refractivity contribution in [3.63, 3.8) is 0 Å². The summed E-state index contributed by atoms with van der Waals surface area (Å²) in [6.07, 6.45) is 1.53. The summed E-state index contributed by atoms with van der Waals surface area (Å²) in [5.74, 6) is -0.312. The number of nitrogens with one attached hydrogen (secondary N) is 1. The van der Waals surface area contributed by atoms with Gasteiger partial charge in [-0.1, -0.05) is 42.5 Å². The summed E-state index contributed by atoms with van der Waals surface area (Å²) in [6, 6.07) is 17.7. The molecule has 0 bridgehead atoms. The Hall–Kier alpha value is -3.41. The number of benzene rings is 2. The number of hydrogen-bond donors (Lipinski definition) is 1. The summed E-state index contributed by atoms with van der Waals surface area (Å²) in [7, 11) is 0. The van der Waals surface area contributed by atoms with E-state index in [4.69, 9.17) is 4.42 Å². The average Bonchev–Trinajstić information content (AvgIpc) is 3.22. The van der Waals surface area contributed by atoms with Gasteiger partial charge in [0, 0.05) is 13.5 Å². The fourth-order valence-corrected chi connectivity index (χ4v) is 2.96. The average molecular weight is 380 g/mol. The van der Waals surface area contributed by atoms with Crippen molar-refractivity contribution in [1.82, 2.24) is 10.2 Å². The molecule has 1 N–H and O–H groups in total. The van der Waals surface area contributed by atoms with E-state index in [1.807, 2.05) is 18.2 Å². The normalized spacial score (nSPS) is 11.6. The van der Waals surface area contributed by atoms with Gasteiger partial charge in [0.15, 0.2) is 0 Å². The molecule has 144 valence electrons. The Morgan fingerprint density at radius 1 is 1.04 bits per heavy atom. The molecule has 0 saturated carbocycles. The molecule has 1 aromatic heterocycles. The number of rotatable bonds is 7. The number of carbonyl (C=O) groups is 2. The first-order valence-electron chi connectivity index (χ1n) is 8.91. The number of nitrogens with zero attached hydrogens (tertiary/aromatic N) is 1. The van der Waals surface area contributed by atoms with Crippen LogP contribution in [0.15, 0.2) is 77.4 Å². The van der Waals surface area contributed by atoms with Crippen LogP contribution in [0, 0.1) is 5.82 Å². The van der Waals surface area contributed by atoms with Crippen LogP contribution in [0.3, 0.4) is 0 Å². The lowest BCUT2D eigenvalue weighted by atomic mass is 10.0. The molecule has 0 radical (unpaired) electrons. The number of furan rings is 1. The van der Waals surface area contributed by atoms with Crippen LogP contribution in [-0.4, -0.2) is 16.7 Å². The molecule has 6 heteroatoms. The number of hydrogen-bond acceptors (Lipinski definition) is 3. The van der Waals surface area contributed by atoms with Crippen LogP contribution < -0.4 is 5.32 Å². The quantitative estimate of drug-likeness (QED) is 0.678. The molecule has 0 unspecified atom stereocenters. The molecule has 2 aromatic carbocycles. The highest BCUT2D eigenvalue weighted by Crippen LogP contribution is 2.24. The first-order valence-corrected chi connectivity index (χ1v) is 8.91. The van der Waals surface area contributed by atoms with E-state index in [9.17, 15) is 14.0 Å². The van der Waals surface area contributed by atoms with Gasteiger partial charge in [0.1, 0.15) is 17.6 Å². The van der Waals surface area contributed by atoms with Gasteiger partial charge >= 0.3 is 0 Å². The lowest BCUT2D eigenvalue weighted by Crippen LogP contribution is -2.42. The van der Waals surface area contributed by atoms with Crippen LogP contribution in [0.5, 0.6) is 0 Å². The Morgan fingerprint density at radius 3 is 2.36 bits per heavy atom. The zero-order valence-electron chi connectivity index (χ0n) is 15.5. The number of amides is 2. The summed E-state index contributed by atoms with van der Waals surface area (Å²) in [4.78, 5) is 26.9. The molecule has 0 saturated heterocycles. The Kier molecular flexibility index (Phi) is 6.22. The second-order valence-corrected chi connectivity index (χ2v) is 6.38. The first-order chi connectivity index (χ1) is 13.5. The number of halogens is 1. The van der Waals surface area contributed by atoms with Crippen LogP contribution in [0.4, 0.5) is 4.39 Å². The molecule has 0 spiro atoms. The zero-order valence-corrected chi connectivity index (χ0v) is 15.5. The van der Waals surface area contributed by atoms with Gasteiger partial charge in [0.2, 0.25) is 11.8 Å². The molecule has 0 aliphatic heterocycles. The van der Waals surface area contributed by atoms with Crippen molar-refractivity contribution in [3.8, 4) is 0 Å². The monoisotopic (exact) mass is 380 g/mol. The summed E-state index contributed by atoms with van der Waals surface area (Å²) < 4.78 is 18.5. The highest BCUT2D eigenvalue weighted by Gasteiger charge is 2.29. The van der Waals surface area contributed by atoms with E-state index in [1.165, 1.54) is 30.2 Å². The van der Waals surface area contributed by atoms with Gasteiger partial charge in [-0.3, -0.25) is 9.59 Å². The third kappa shape index (κ3) is 4.85. The van der Waals surface area contributed by atoms with Gasteiger partial charge in [-0.15, -0.1) is 0 Å². The van der Waals surface area contributed by atoms with Crippen LogP contribution in [0.1, 0.15) is 29.9 Å². The van der Waals surface area contributed by atoms with E-state index in [-0.39, 0.29) is 30.7 Å². The lowest BCUT2D eigenvalue weighted by Gasteiger charge is -2.30. The minimum Gasteiger partial charge on any atom is -0.467 e. The zero-order chi connectivity index (χ0) is 19.9. The van der Waals surface area contributed by atoms with Crippen molar-refractivity contribution in [2.75, 3.05) is 0 Å². The third-order valence-electron chi connectivity index (χ3n) is 4.36. The molecule has 3 rings (SSSR count). The van der Waals surface area contributed by atoms with Crippen molar-refractivity contribution >= 4 is 11.8 Å². The van der Waals surface area contributed by atoms with E-state index in [1.54, 1.807) is 36.4 Å². The molecular weight excluding hydrogens is 359 g/mol. The molecule has 1 atom stereocenters. The smallest absolute Gasteiger partial charge is 0.247 e. The topological polar surface area (TPSA) is 62.6 Å². The molecule has 3 aromatic rings. The maximum absolute atomic E-state index is 13.2. The van der Waals surface area contributed by atoms with Crippen LogP contribution >= 0.6 is 0 Å². The minimum absolute atomic E-state index is 0.184. The van der Waals surface area contributed by atoms with Gasteiger partial charge in [0.05, 0.1) is 12.8 Å². The second-order valence-electron chi connectivity index (χ2n) is 6.38. The lowest BCUT2D eigenvalue weighted by molar-refractivity contribution is -0.140. The summed E-state index contributed by atoms with van der Waals surface area (Å²) in [5, 5.41) is 2.83. The molecule has 28 heavy (non-hydrogen) atoms. The Balaban J connectivity index is 1.87. The largest absolute Gasteiger partial charge is 0.467 e. The molecular formula is C22H21FN2O3. The summed E-state index contributed by atoms with van der Waals surface area (Å²) >= 11 is 0. The van der Waals surface area contributed by atoms with Crippen molar-refractivity contribution < 1.29 is 18.4 Å². The van der Waals surface area contributed by atoms with E-state index in [0.717, 1.165) is 5.56 Å². The van der Waals surface area contributed by atoms with Crippen LogP contribution in [0.2, 0.25) is 0 Å². The highest BCUT2D eigenvalue weighted by molar-refractivity contribution is 5.88. The van der Waals surface area contributed by atoms with E-state index in [0.29, 0.717) is 11.3 Å². The Labute approximate surface area is 162 Å². The van der Waals surface area contributed by atoms with Gasteiger partial charge in [-0.05, 0) is 35.4 Å². The predicted octanol–water partition coefficient (Wildman–Crippen LogP) is 3.82. The van der Waals surface area contributed by atoms with Gasteiger partial charge in [0.25, 0.3) is 0 Å². The van der Waals surface area contributed by atoms with Crippen LogP contribution in [-0.2, 0) is 22.7 Å². The van der Waals surface area contributed by atoms with E-state index >= 15 is 0 Å². The van der Waals surface area contributed by atoms with Crippen molar-refractivity contribution in [2.45, 2.75) is 26.1 Å². The maximum Gasteiger partial charge on any atom is 0.247 e. The fraction of sp³-hybridized carbons (Fsp3) is 0.182. The molecule has 0 aliphatic rings. The van der Waals surface area contributed by atoms with Gasteiger partial charge in [-0.25, -0.2) is 4.39 Å². The van der Waals surface area contributed by atoms with E-state index < -0.39 is 6.04 Å². The van der Waals surface area contributed by atoms with Crippen LogP contribution in [0.25, 0.3) is 0 Å². The third-order valence-corrected chi connectivity index (χ3v) is 4.36. The minimum atomic E-state index is -0.821. The molecule has 0 aliphatic carbocycles. The summed E-state index contributed by atoms with van der Waals surface area (Å²) in [5.41, 5.74) is 1.42. The molecule has 0 fully saturated rings. The fourth-order valence-electron chi connectivity index (χ4n) is 2.96. The Bertz CT molecular complexity index is 909. The predicted molar refractivity (Wildman–Crippen MR) is 102 cm³/mol. The van der Waals surface area contributed by atoms with Crippen molar-refractivity contribution in [2.24, 2.45) is 0 Å². The van der Waals surface area contributed by atoms with Gasteiger partial charge < -0.3 is 14.6 Å². The highest BCUT2D eigenvalue weighted by atomic mass is 19.1. The summed E-state index contributed by atoms with van der Waals surface area (Å²) in [6.45, 7) is 1.82. The standard InChI is InChI=1S/C22H21FN2O3/c1-16(26)25(15-17-9-11-19(23)12-10-17)21(18-6-3-2-4-7-18)22(27)24-14-20-8-5-13-28-20/h2-13,21H,14-15H2,1H3,(H,24,27)/t21-/m1/s1. The SMILES string of the molecule is CC(=O)N(Cc1ccc(F)cc1)[C@@H](C(=O)NCc1ccco1)c1ccccc1. The molecule has 2 amide bonds. The van der Waals surface area contributed by atoms with E-state index in [2.05, 4.69) is 5.32 Å².